The normalized spacial score (nSPS) is 23.0. The summed E-state index contributed by atoms with van der Waals surface area (Å²) in [7, 11) is -1.28. The number of hydrogen-bond acceptors (Lipinski definition) is 4. The van der Waals surface area contributed by atoms with Gasteiger partial charge in [-0.05, 0) is 6.92 Å². The van der Waals surface area contributed by atoms with Gasteiger partial charge in [0.2, 0.25) is 0 Å². The van der Waals surface area contributed by atoms with Crippen LogP contribution in [-0.2, 0) is 18.4 Å². The largest absolute Gasteiger partial charge is 0.333 e. The maximum Gasteiger partial charge on any atom is 0.333 e. The third-order valence-electron chi connectivity index (χ3n) is 1.49. The van der Waals surface area contributed by atoms with Crippen molar-refractivity contribution >= 4 is 14.4 Å². The predicted molar refractivity (Wildman–Crippen MR) is 49.2 cm³/mol. The van der Waals surface area contributed by atoms with E-state index < -0.39 is 8.60 Å². The Morgan fingerprint density at radius 1 is 1.46 bits per heavy atom. The van der Waals surface area contributed by atoms with Gasteiger partial charge >= 0.3 is 8.60 Å². The molecule has 0 atom stereocenters. The minimum atomic E-state index is -1.28. The summed E-state index contributed by atoms with van der Waals surface area (Å²) in [4.78, 5) is 10.6. The SMILES string of the molecule is CC(=O)COP1OCC(C)(C)CO1. The predicted octanol–water partition coefficient (Wildman–Crippen LogP) is 1.89. The molecule has 5 heteroatoms. The Kier molecular flexibility index (Phi) is 3.80. The molecule has 1 saturated heterocycles. The second kappa shape index (κ2) is 4.47. The van der Waals surface area contributed by atoms with Crippen LogP contribution in [0, 0.1) is 5.41 Å². The third kappa shape index (κ3) is 4.14. The first-order chi connectivity index (χ1) is 5.99. The Morgan fingerprint density at radius 2 is 2.00 bits per heavy atom. The van der Waals surface area contributed by atoms with E-state index >= 15 is 0 Å². The van der Waals surface area contributed by atoms with Gasteiger partial charge in [0.15, 0.2) is 5.78 Å². The zero-order valence-corrected chi connectivity index (χ0v) is 9.10. The summed E-state index contributed by atoms with van der Waals surface area (Å²) in [5.41, 5.74) is 0.0540. The minimum Gasteiger partial charge on any atom is -0.312 e. The zero-order valence-electron chi connectivity index (χ0n) is 8.20. The van der Waals surface area contributed by atoms with Gasteiger partial charge in [-0.15, -0.1) is 0 Å². The number of Topliss-reactive ketones (excluding diaryl/α,β-unsaturated/α-hetero) is 1. The molecule has 0 aromatic carbocycles. The van der Waals surface area contributed by atoms with Crippen LogP contribution in [0.25, 0.3) is 0 Å². The molecule has 0 aliphatic carbocycles. The molecule has 1 aliphatic heterocycles. The molecule has 0 bridgehead atoms. The summed E-state index contributed by atoms with van der Waals surface area (Å²) < 4.78 is 15.7. The summed E-state index contributed by atoms with van der Waals surface area (Å²) >= 11 is 0. The van der Waals surface area contributed by atoms with Crippen molar-refractivity contribution in [1.82, 2.24) is 0 Å². The lowest BCUT2D eigenvalue weighted by molar-refractivity contribution is -0.119. The van der Waals surface area contributed by atoms with Crippen LogP contribution in [-0.4, -0.2) is 25.6 Å². The van der Waals surface area contributed by atoms with Crippen molar-refractivity contribution in [2.75, 3.05) is 19.8 Å². The monoisotopic (exact) mass is 206 g/mol. The van der Waals surface area contributed by atoms with Crippen molar-refractivity contribution in [3.05, 3.63) is 0 Å². The lowest BCUT2D eigenvalue weighted by Gasteiger charge is -2.32. The molecule has 1 aliphatic rings. The molecule has 0 aromatic rings. The van der Waals surface area contributed by atoms with Gasteiger partial charge in [0, 0.05) is 5.41 Å². The molecule has 0 N–H and O–H groups in total. The molecule has 1 rings (SSSR count). The highest BCUT2D eigenvalue weighted by atomic mass is 31.2. The first-order valence-corrected chi connectivity index (χ1v) is 5.27. The van der Waals surface area contributed by atoms with Gasteiger partial charge in [0.1, 0.15) is 6.61 Å². The average Bonchev–Trinajstić information content (AvgIpc) is 2.02. The van der Waals surface area contributed by atoms with Crippen LogP contribution < -0.4 is 0 Å². The Morgan fingerprint density at radius 3 is 2.46 bits per heavy atom. The fraction of sp³-hybridized carbons (Fsp3) is 0.875. The van der Waals surface area contributed by atoms with Gasteiger partial charge in [-0.3, -0.25) is 4.79 Å². The van der Waals surface area contributed by atoms with E-state index in [2.05, 4.69) is 13.8 Å². The standard InChI is InChI=1S/C8H15O4P/c1-7(9)4-10-13-11-5-8(2,3)6-12-13/h4-6H2,1-3H3. The van der Waals surface area contributed by atoms with E-state index in [1.165, 1.54) is 6.92 Å². The minimum absolute atomic E-state index is 0.0143. The Bertz CT molecular complexity index is 183. The molecule has 0 spiro atoms. The van der Waals surface area contributed by atoms with Crippen LogP contribution in [0.5, 0.6) is 0 Å². The summed E-state index contributed by atoms with van der Waals surface area (Å²) in [6.07, 6.45) is 0. The molecule has 13 heavy (non-hydrogen) atoms. The molecule has 0 saturated carbocycles. The third-order valence-corrected chi connectivity index (χ3v) is 2.51. The van der Waals surface area contributed by atoms with Crippen LogP contribution >= 0.6 is 8.60 Å². The Labute approximate surface area is 79.5 Å². The molecule has 0 unspecified atom stereocenters. The Balaban J connectivity index is 2.21. The van der Waals surface area contributed by atoms with Crippen LogP contribution in [0.15, 0.2) is 0 Å². The van der Waals surface area contributed by atoms with Crippen molar-refractivity contribution in [1.29, 1.82) is 0 Å². The van der Waals surface area contributed by atoms with E-state index in [-0.39, 0.29) is 17.8 Å². The van der Waals surface area contributed by atoms with Crippen molar-refractivity contribution in [3.63, 3.8) is 0 Å². The lowest BCUT2D eigenvalue weighted by atomic mass is 9.97. The molecular formula is C8H15O4P. The summed E-state index contributed by atoms with van der Waals surface area (Å²) in [6, 6.07) is 0. The van der Waals surface area contributed by atoms with E-state index in [0.717, 1.165) is 0 Å². The van der Waals surface area contributed by atoms with Gasteiger partial charge in [-0.25, -0.2) is 0 Å². The molecule has 0 aromatic heterocycles. The number of carbonyl (C=O) groups is 1. The van der Waals surface area contributed by atoms with E-state index in [1.54, 1.807) is 0 Å². The van der Waals surface area contributed by atoms with Crippen LogP contribution in [0.3, 0.4) is 0 Å². The first-order valence-electron chi connectivity index (χ1n) is 4.18. The van der Waals surface area contributed by atoms with E-state index in [1.807, 2.05) is 0 Å². The molecule has 0 radical (unpaired) electrons. The highest BCUT2D eigenvalue weighted by Crippen LogP contribution is 2.46. The highest BCUT2D eigenvalue weighted by molar-refractivity contribution is 7.41. The van der Waals surface area contributed by atoms with Crippen molar-refractivity contribution in [2.45, 2.75) is 20.8 Å². The van der Waals surface area contributed by atoms with Gasteiger partial charge < -0.3 is 13.6 Å². The lowest BCUT2D eigenvalue weighted by Crippen LogP contribution is -2.28. The number of rotatable bonds is 3. The second-order valence-electron chi connectivity index (χ2n) is 3.91. The summed E-state index contributed by atoms with van der Waals surface area (Å²) in [6.45, 7) is 6.91. The second-order valence-corrected chi connectivity index (χ2v) is 5.13. The van der Waals surface area contributed by atoms with Crippen LogP contribution in [0.2, 0.25) is 0 Å². The number of ketones is 1. The molecule has 1 fully saturated rings. The van der Waals surface area contributed by atoms with Crippen molar-refractivity contribution < 1.29 is 18.4 Å². The van der Waals surface area contributed by atoms with Crippen molar-refractivity contribution in [3.8, 4) is 0 Å². The highest BCUT2D eigenvalue weighted by Gasteiger charge is 2.30. The smallest absolute Gasteiger partial charge is 0.312 e. The van der Waals surface area contributed by atoms with E-state index in [9.17, 15) is 4.79 Å². The molecule has 1 heterocycles. The van der Waals surface area contributed by atoms with Gasteiger partial charge in [-0.2, -0.15) is 0 Å². The maximum absolute atomic E-state index is 10.6. The zero-order chi connectivity index (χ0) is 9.90. The fourth-order valence-corrected chi connectivity index (χ4v) is 2.17. The topological polar surface area (TPSA) is 44.8 Å². The average molecular weight is 206 g/mol. The molecule has 4 nitrogen and oxygen atoms in total. The van der Waals surface area contributed by atoms with Crippen LogP contribution in [0.4, 0.5) is 0 Å². The number of hydrogen-bond donors (Lipinski definition) is 0. The van der Waals surface area contributed by atoms with Crippen molar-refractivity contribution in [2.24, 2.45) is 5.41 Å². The quantitative estimate of drug-likeness (QED) is 0.661. The van der Waals surface area contributed by atoms with Crippen LogP contribution in [0.1, 0.15) is 20.8 Å². The fourth-order valence-electron chi connectivity index (χ4n) is 0.752. The summed E-state index contributed by atoms with van der Waals surface area (Å²) in [5.74, 6) is -0.0143. The first kappa shape index (κ1) is 11.1. The van der Waals surface area contributed by atoms with Gasteiger partial charge in [0.25, 0.3) is 0 Å². The maximum atomic E-state index is 10.6. The van der Waals surface area contributed by atoms with E-state index in [4.69, 9.17) is 13.6 Å². The van der Waals surface area contributed by atoms with Gasteiger partial charge in [-0.1, -0.05) is 13.8 Å². The molecule has 76 valence electrons. The Hall–Kier alpha value is -0.0200. The number of carbonyl (C=O) groups excluding carboxylic acids is 1. The molecular weight excluding hydrogens is 191 g/mol. The van der Waals surface area contributed by atoms with E-state index in [0.29, 0.717) is 13.2 Å². The van der Waals surface area contributed by atoms with Gasteiger partial charge in [0.05, 0.1) is 13.2 Å². The molecule has 0 amide bonds. The summed E-state index contributed by atoms with van der Waals surface area (Å²) in [5, 5.41) is 0.